The number of carbonyl (C=O) groups excluding carboxylic acids is 1. The average Bonchev–Trinajstić information content (AvgIpc) is 2.42. The summed E-state index contributed by atoms with van der Waals surface area (Å²) < 4.78 is 0. The second-order valence-electron chi connectivity index (χ2n) is 4.92. The molecule has 1 fully saturated rings. The van der Waals surface area contributed by atoms with Crippen molar-refractivity contribution in [2.45, 2.75) is 32.7 Å². The number of anilines is 1. The van der Waals surface area contributed by atoms with Gasteiger partial charge in [-0.2, -0.15) is 0 Å². The van der Waals surface area contributed by atoms with Crippen LogP contribution in [-0.4, -0.2) is 41.1 Å². The van der Waals surface area contributed by atoms with Crippen LogP contribution in [0.4, 0.5) is 5.82 Å². The third-order valence-corrected chi connectivity index (χ3v) is 3.41. The van der Waals surface area contributed by atoms with E-state index in [1.807, 2.05) is 11.8 Å². The lowest BCUT2D eigenvalue weighted by atomic mass is 10.1. The Labute approximate surface area is 117 Å². The maximum atomic E-state index is 11.7. The van der Waals surface area contributed by atoms with Gasteiger partial charge in [0, 0.05) is 18.8 Å². The van der Waals surface area contributed by atoms with Crippen molar-refractivity contribution in [3.63, 3.8) is 0 Å². The van der Waals surface area contributed by atoms with Crippen molar-refractivity contribution in [3.05, 3.63) is 23.4 Å². The fraction of sp³-hybridized carbons (Fsp3) is 0.500. The number of piperazine rings is 1. The predicted molar refractivity (Wildman–Crippen MR) is 75.0 cm³/mol. The molecule has 0 bridgehead atoms. The van der Waals surface area contributed by atoms with Crippen molar-refractivity contribution in [2.24, 2.45) is 0 Å². The highest BCUT2D eigenvalue weighted by atomic mass is 16.4. The molecule has 2 heterocycles. The maximum Gasteiger partial charge on any atom is 0.335 e. The Morgan fingerprint density at radius 3 is 2.95 bits per heavy atom. The molecule has 6 nitrogen and oxygen atoms in total. The molecule has 0 radical (unpaired) electrons. The summed E-state index contributed by atoms with van der Waals surface area (Å²) in [4.78, 5) is 29.3. The van der Waals surface area contributed by atoms with Gasteiger partial charge in [-0.05, 0) is 25.5 Å². The molecule has 1 amide bonds. The zero-order valence-electron chi connectivity index (χ0n) is 11.7. The van der Waals surface area contributed by atoms with Crippen LogP contribution in [-0.2, 0) is 11.2 Å². The molecular weight excluding hydrogens is 258 g/mol. The van der Waals surface area contributed by atoms with E-state index in [0.717, 1.165) is 18.5 Å². The number of aryl methyl sites for hydroxylation is 1. The van der Waals surface area contributed by atoms with E-state index in [-0.39, 0.29) is 17.5 Å². The van der Waals surface area contributed by atoms with Crippen molar-refractivity contribution in [1.82, 2.24) is 10.3 Å². The maximum absolute atomic E-state index is 11.7. The first-order valence-electron chi connectivity index (χ1n) is 6.81. The third kappa shape index (κ3) is 2.89. The second kappa shape index (κ2) is 5.90. The molecular formula is C14H19N3O3. The van der Waals surface area contributed by atoms with Crippen LogP contribution in [0.3, 0.4) is 0 Å². The summed E-state index contributed by atoms with van der Waals surface area (Å²) in [6.07, 6.45) is 1.62. The van der Waals surface area contributed by atoms with Crippen molar-refractivity contribution in [2.75, 3.05) is 18.0 Å². The van der Waals surface area contributed by atoms with Crippen LogP contribution in [0.2, 0.25) is 0 Å². The second-order valence-corrected chi connectivity index (χ2v) is 4.92. The van der Waals surface area contributed by atoms with Crippen molar-refractivity contribution in [3.8, 4) is 0 Å². The largest absolute Gasteiger partial charge is 0.478 e. The number of nitrogens with one attached hydrogen (secondary N) is 1. The average molecular weight is 277 g/mol. The van der Waals surface area contributed by atoms with Crippen LogP contribution >= 0.6 is 0 Å². The van der Waals surface area contributed by atoms with Crippen molar-refractivity contribution < 1.29 is 14.7 Å². The Bertz CT molecular complexity index is 530. The normalized spacial score (nSPS) is 18.8. The van der Waals surface area contributed by atoms with Gasteiger partial charge in [-0.1, -0.05) is 13.3 Å². The molecule has 6 heteroatoms. The minimum Gasteiger partial charge on any atom is -0.478 e. The van der Waals surface area contributed by atoms with E-state index < -0.39 is 5.97 Å². The molecule has 2 N–H and O–H groups in total. The number of hydrogen-bond acceptors (Lipinski definition) is 4. The lowest BCUT2D eigenvalue weighted by Gasteiger charge is -2.34. The summed E-state index contributed by atoms with van der Waals surface area (Å²) in [5.41, 5.74) is 0.970. The number of carbonyl (C=O) groups is 2. The van der Waals surface area contributed by atoms with Crippen LogP contribution in [0.25, 0.3) is 0 Å². The van der Waals surface area contributed by atoms with E-state index in [2.05, 4.69) is 10.3 Å². The van der Waals surface area contributed by atoms with Gasteiger partial charge >= 0.3 is 5.97 Å². The van der Waals surface area contributed by atoms with E-state index in [1.54, 1.807) is 13.0 Å². The summed E-state index contributed by atoms with van der Waals surface area (Å²) in [7, 11) is 0. The van der Waals surface area contributed by atoms with E-state index >= 15 is 0 Å². The van der Waals surface area contributed by atoms with Gasteiger partial charge in [-0.15, -0.1) is 0 Å². The molecule has 0 spiro atoms. The van der Waals surface area contributed by atoms with E-state index in [0.29, 0.717) is 18.9 Å². The monoisotopic (exact) mass is 277 g/mol. The van der Waals surface area contributed by atoms with Gasteiger partial charge in [-0.3, -0.25) is 4.79 Å². The standard InChI is InChI=1S/C14H19N3O3/c1-3-4-11-7-10(14(19)20)8-12(16-11)17-6-5-15-13(18)9(17)2/h7-9H,3-6H2,1-2H3,(H,15,18)(H,19,20). The number of aromatic carboxylic acids is 1. The molecule has 1 saturated heterocycles. The fourth-order valence-corrected chi connectivity index (χ4v) is 2.32. The van der Waals surface area contributed by atoms with Crippen LogP contribution < -0.4 is 10.2 Å². The molecule has 108 valence electrons. The molecule has 1 atom stereocenters. The topological polar surface area (TPSA) is 82.5 Å². The number of aromatic nitrogens is 1. The Morgan fingerprint density at radius 2 is 2.30 bits per heavy atom. The van der Waals surface area contributed by atoms with Gasteiger partial charge < -0.3 is 15.3 Å². The third-order valence-electron chi connectivity index (χ3n) is 3.41. The lowest BCUT2D eigenvalue weighted by molar-refractivity contribution is -0.122. The van der Waals surface area contributed by atoms with Crippen LogP contribution in [0.15, 0.2) is 12.1 Å². The zero-order chi connectivity index (χ0) is 14.7. The first-order valence-corrected chi connectivity index (χ1v) is 6.81. The molecule has 0 aromatic carbocycles. The molecule has 1 unspecified atom stereocenters. The Morgan fingerprint density at radius 1 is 1.55 bits per heavy atom. The summed E-state index contributed by atoms with van der Waals surface area (Å²) in [5, 5.41) is 12.0. The highest BCUT2D eigenvalue weighted by Gasteiger charge is 2.27. The highest BCUT2D eigenvalue weighted by Crippen LogP contribution is 2.20. The number of nitrogens with zero attached hydrogens (tertiary/aromatic N) is 2. The Kier molecular flexibility index (Phi) is 4.22. The summed E-state index contributed by atoms with van der Waals surface area (Å²) in [5.74, 6) is -0.466. The molecule has 1 aromatic heterocycles. The van der Waals surface area contributed by atoms with Gasteiger partial charge in [0.2, 0.25) is 5.91 Å². The fourth-order valence-electron chi connectivity index (χ4n) is 2.32. The first-order chi connectivity index (χ1) is 9.52. The smallest absolute Gasteiger partial charge is 0.335 e. The van der Waals surface area contributed by atoms with Gasteiger partial charge in [0.25, 0.3) is 0 Å². The number of carboxylic acids is 1. The highest BCUT2D eigenvalue weighted by molar-refractivity contribution is 5.90. The molecule has 2 rings (SSSR count). The van der Waals surface area contributed by atoms with E-state index in [9.17, 15) is 14.7 Å². The predicted octanol–water partition coefficient (Wildman–Crippen LogP) is 1.06. The Hall–Kier alpha value is -2.11. The molecule has 0 saturated carbocycles. The minimum absolute atomic E-state index is 0.0594. The van der Waals surface area contributed by atoms with Crippen molar-refractivity contribution in [1.29, 1.82) is 0 Å². The van der Waals surface area contributed by atoms with E-state index in [4.69, 9.17) is 0 Å². The molecule has 20 heavy (non-hydrogen) atoms. The zero-order valence-corrected chi connectivity index (χ0v) is 11.7. The van der Waals surface area contributed by atoms with Gasteiger partial charge in [-0.25, -0.2) is 9.78 Å². The molecule has 0 aliphatic carbocycles. The first kappa shape index (κ1) is 14.3. The van der Waals surface area contributed by atoms with Gasteiger partial charge in [0.15, 0.2) is 0 Å². The summed E-state index contributed by atoms with van der Waals surface area (Å²) >= 11 is 0. The minimum atomic E-state index is -0.972. The Balaban J connectivity index is 2.38. The molecule has 1 aliphatic rings. The quantitative estimate of drug-likeness (QED) is 0.860. The van der Waals surface area contributed by atoms with Crippen LogP contribution in [0.5, 0.6) is 0 Å². The van der Waals surface area contributed by atoms with Crippen LogP contribution in [0, 0.1) is 0 Å². The van der Waals surface area contributed by atoms with Gasteiger partial charge in [0.05, 0.1) is 5.56 Å². The lowest BCUT2D eigenvalue weighted by Crippen LogP contribution is -2.54. The SMILES string of the molecule is CCCc1cc(C(=O)O)cc(N2CCNC(=O)C2C)n1. The number of hydrogen-bond donors (Lipinski definition) is 2. The summed E-state index contributed by atoms with van der Waals surface area (Å²) in [6, 6.07) is 2.80. The number of amides is 1. The molecule has 1 aliphatic heterocycles. The van der Waals surface area contributed by atoms with E-state index in [1.165, 1.54) is 6.07 Å². The van der Waals surface area contributed by atoms with Crippen molar-refractivity contribution >= 4 is 17.7 Å². The number of rotatable bonds is 4. The van der Waals surface area contributed by atoms with Gasteiger partial charge in [0.1, 0.15) is 11.9 Å². The number of pyridine rings is 1. The summed E-state index contributed by atoms with van der Waals surface area (Å²) in [6.45, 7) is 4.99. The molecule has 1 aromatic rings. The van der Waals surface area contributed by atoms with Crippen LogP contribution in [0.1, 0.15) is 36.3 Å². The number of carboxylic acid groups (broad SMARTS) is 1.